The predicted octanol–water partition coefficient (Wildman–Crippen LogP) is 4.12. The highest BCUT2D eigenvalue weighted by Gasteiger charge is 2.18. The Morgan fingerprint density at radius 2 is 1.72 bits per heavy atom. The number of carbonyl (C=O) groups excluding carboxylic acids is 2. The fraction of sp³-hybridized carbons (Fsp3) is 0.217. The maximum atomic E-state index is 12.2. The molecule has 0 aliphatic carbocycles. The van der Waals surface area contributed by atoms with Gasteiger partial charge in [0, 0.05) is 11.8 Å². The van der Waals surface area contributed by atoms with Crippen molar-refractivity contribution in [3.05, 3.63) is 72.1 Å². The van der Waals surface area contributed by atoms with Crippen molar-refractivity contribution < 1.29 is 14.3 Å². The zero-order valence-corrected chi connectivity index (χ0v) is 16.7. The number of hydrogen-bond donors (Lipinski definition) is 1. The third-order valence-corrected chi connectivity index (χ3v) is 4.21. The van der Waals surface area contributed by atoms with Gasteiger partial charge in [0.05, 0.1) is 22.9 Å². The van der Waals surface area contributed by atoms with Crippen LogP contribution in [0.5, 0.6) is 0 Å². The van der Waals surface area contributed by atoms with Crippen molar-refractivity contribution in [2.24, 2.45) is 0 Å². The molecule has 0 bridgehead atoms. The molecule has 148 valence electrons. The van der Waals surface area contributed by atoms with Crippen LogP contribution in [0.3, 0.4) is 0 Å². The predicted molar refractivity (Wildman–Crippen MR) is 113 cm³/mol. The second-order valence-electron chi connectivity index (χ2n) is 7.57. The smallest absolute Gasteiger partial charge is 0.331 e. The molecule has 0 saturated heterocycles. The van der Waals surface area contributed by atoms with Gasteiger partial charge >= 0.3 is 5.97 Å². The number of aromatic nitrogens is 2. The molecule has 1 amide bonds. The lowest BCUT2D eigenvalue weighted by Gasteiger charge is -2.22. The summed E-state index contributed by atoms with van der Waals surface area (Å²) in [4.78, 5) is 32.8. The number of fused-ring (bicyclic) bond motifs is 1. The van der Waals surface area contributed by atoms with Gasteiger partial charge < -0.3 is 10.1 Å². The van der Waals surface area contributed by atoms with Gasteiger partial charge in [0.25, 0.3) is 5.91 Å². The van der Waals surface area contributed by atoms with E-state index in [4.69, 9.17) is 4.74 Å². The monoisotopic (exact) mass is 389 g/mol. The summed E-state index contributed by atoms with van der Waals surface area (Å²) in [5.41, 5.74) is 3.64. The van der Waals surface area contributed by atoms with E-state index in [1.807, 2.05) is 48.5 Å². The number of esters is 1. The molecule has 1 aromatic heterocycles. The van der Waals surface area contributed by atoms with Gasteiger partial charge in [-0.15, -0.1) is 0 Å². The van der Waals surface area contributed by atoms with Crippen molar-refractivity contribution in [3.63, 3.8) is 0 Å². The second kappa shape index (κ2) is 8.65. The number of nitrogens with one attached hydrogen (secondary N) is 1. The first-order chi connectivity index (χ1) is 13.8. The van der Waals surface area contributed by atoms with Gasteiger partial charge in [-0.2, -0.15) is 0 Å². The summed E-state index contributed by atoms with van der Waals surface area (Å²) >= 11 is 0. The fourth-order valence-electron chi connectivity index (χ4n) is 2.82. The van der Waals surface area contributed by atoms with Crippen molar-refractivity contribution >= 4 is 34.7 Å². The van der Waals surface area contributed by atoms with E-state index < -0.39 is 11.9 Å². The van der Waals surface area contributed by atoms with E-state index in [2.05, 4.69) is 36.1 Å². The Balaban J connectivity index is 1.56. The third kappa shape index (κ3) is 5.48. The molecule has 6 nitrogen and oxygen atoms in total. The van der Waals surface area contributed by atoms with E-state index in [-0.39, 0.29) is 12.0 Å². The molecule has 0 aliphatic rings. The molecular weight excluding hydrogens is 366 g/mol. The number of rotatable bonds is 5. The van der Waals surface area contributed by atoms with Crippen molar-refractivity contribution in [1.82, 2.24) is 9.97 Å². The molecule has 6 heteroatoms. The maximum Gasteiger partial charge on any atom is 0.331 e. The number of hydrogen-bond acceptors (Lipinski definition) is 5. The van der Waals surface area contributed by atoms with E-state index in [0.29, 0.717) is 11.4 Å². The van der Waals surface area contributed by atoms with Gasteiger partial charge in [0.15, 0.2) is 6.61 Å². The molecule has 0 fully saturated rings. The minimum Gasteiger partial charge on any atom is -0.452 e. The SMILES string of the molecule is CC(C)(C)c1ccccc1NC(=O)COC(=O)/C=C/c1cnc2ccccc2n1. The molecule has 1 N–H and O–H groups in total. The highest BCUT2D eigenvalue weighted by Crippen LogP contribution is 2.29. The zero-order chi connectivity index (χ0) is 20.9. The zero-order valence-electron chi connectivity index (χ0n) is 16.7. The van der Waals surface area contributed by atoms with E-state index in [1.165, 1.54) is 12.2 Å². The van der Waals surface area contributed by atoms with Crippen LogP contribution in [0.4, 0.5) is 5.69 Å². The summed E-state index contributed by atoms with van der Waals surface area (Å²) < 4.78 is 5.02. The summed E-state index contributed by atoms with van der Waals surface area (Å²) in [7, 11) is 0. The quantitative estimate of drug-likeness (QED) is 0.524. The lowest BCUT2D eigenvalue weighted by molar-refractivity contribution is -0.142. The Morgan fingerprint density at radius 3 is 2.48 bits per heavy atom. The highest BCUT2D eigenvalue weighted by atomic mass is 16.5. The second-order valence-corrected chi connectivity index (χ2v) is 7.57. The van der Waals surface area contributed by atoms with Crippen molar-refractivity contribution in [3.8, 4) is 0 Å². The number of nitrogens with zero attached hydrogens (tertiary/aromatic N) is 2. The Bertz CT molecular complexity index is 1070. The minimum absolute atomic E-state index is 0.121. The maximum absolute atomic E-state index is 12.2. The van der Waals surface area contributed by atoms with Crippen LogP contribution in [0, 0.1) is 0 Å². The van der Waals surface area contributed by atoms with Crippen molar-refractivity contribution in [1.29, 1.82) is 0 Å². The first-order valence-corrected chi connectivity index (χ1v) is 9.29. The van der Waals surface area contributed by atoms with E-state index in [9.17, 15) is 9.59 Å². The Labute approximate surface area is 169 Å². The Morgan fingerprint density at radius 1 is 1.03 bits per heavy atom. The van der Waals surface area contributed by atoms with Gasteiger partial charge in [0.1, 0.15) is 0 Å². The number of anilines is 1. The molecular formula is C23H23N3O3. The van der Waals surface area contributed by atoms with E-state index in [1.54, 1.807) is 6.20 Å². The van der Waals surface area contributed by atoms with Crippen LogP contribution in [0.2, 0.25) is 0 Å². The van der Waals surface area contributed by atoms with Gasteiger partial charge in [0.2, 0.25) is 0 Å². The molecule has 3 rings (SSSR count). The average Bonchev–Trinajstić information content (AvgIpc) is 2.70. The van der Waals surface area contributed by atoms with Crippen LogP contribution < -0.4 is 5.32 Å². The largest absolute Gasteiger partial charge is 0.452 e. The third-order valence-electron chi connectivity index (χ3n) is 4.21. The molecule has 0 aliphatic heterocycles. The first-order valence-electron chi connectivity index (χ1n) is 9.29. The fourth-order valence-corrected chi connectivity index (χ4v) is 2.82. The molecule has 0 spiro atoms. The molecule has 0 radical (unpaired) electrons. The van der Waals surface area contributed by atoms with Crippen LogP contribution in [-0.4, -0.2) is 28.5 Å². The molecule has 0 atom stereocenters. The van der Waals surface area contributed by atoms with E-state index >= 15 is 0 Å². The van der Waals surface area contributed by atoms with Gasteiger partial charge in [-0.3, -0.25) is 9.78 Å². The Hall–Kier alpha value is -3.54. The summed E-state index contributed by atoms with van der Waals surface area (Å²) in [5, 5.41) is 2.80. The lowest BCUT2D eigenvalue weighted by Crippen LogP contribution is -2.23. The number of amides is 1. The lowest BCUT2D eigenvalue weighted by atomic mass is 9.86. The number of carbonyl (C=O) groups is 2. The van der Waals surface area contributed by atoms with Crippen molar-refractivity contribution in [2.75, 3.05) is 11.9 Å². The molecule has 29 heavy (non-hydrogen) atoms. The summed E-state index contributed by atoms with van der Waals surface area (Å²) in [5.74, 6) is -1.02. The van der Waals surface area contributed by atoms with E-state index in [0.717, 1.165) is 16.6 Å². The molecule has 3 aromatic rings. The number of benzene rings is 2. The molecule has 0 saturated carbocycles. The van der Waals surface area contributed by atoms with Crippen LogP contribution in [0.15, 0.2) is 60.8 Å². The van der Waals surface area contributed by atoms with Gasteiger partial charge in [-0.25, -0.2) is 9.78 Å². The topological polar surface area (TPSA) is 81.2 Å². The summed E-state index contributed by atoms with van der Waals surface area (Å²) in [6, 6.07) is 15.0. The highest BCUT2D eigenvalue weighted by molar-refractivity contribution is 5.95. The van der Waals surface area contributed by atoms with Gasteiger partial charge in [-0.1, -0.05) is 51.1 Å². The standard InChI is InChI=1S/C23H23N3O3/c1-23(2,3)17-8-4-5-9-18(17)26-21(27)15-29-22(28)13-12-16-14-24-19-10-6-7-11-20(19)25-16/h4-14H,15H2,1-3H3,(H,26,27)/b13-12+. The van der Waals surface area contributed by atoms with Crippen LogP contribution in [0.1, 0.15) is 32.0 Å². The van der Waals surface area contributed by atoms with Crippen LogP contribution in [0.25, 0.3) is 17.1 Å². The normalized spacial score (nSPS) is 11.6. The van der Waals surface area contributed by atoms with Crippen LogP contribution >= 0.6 is 0 Å². The summed E-state index contributed by atoms with van der Waals surface area (Å²) in [6.07, 6.45) is 4.31. The minimum atomic E-state index is -0.626. The number of ether oxygens (including phenoxy) is 1. The number of para-hydroxylation sites is 3. The Kier molecular flexibility index (Phi) is 6.02. The average molecular weight is 389 g/mol. The first kappa shape index (κ1) is 20.2. The van der Waals surface area contributed by atoms with Crippen molar-refractivity contribution in [2.45, 2.75) is 26.2 Å². The molecule has 2 aromatic carbocycles. The summed E-state index contributed by atoms with van der Waals surface area (Å²) in [6.45, 7) is 5.83. The molecule has 1 heterocycles. The molecule has 0 unspecified atom stereocenters. The van der Waals surface area contributed by atoms with Crippen LogP contribution in [-0.2, 0) is 19.7 Å². The van der Waals surface area contributed by atoms with Gasteiger partial charge in [-0.05, 0) is 35.3 Å².